The Morgan fingerprint density at radius 3 is 2.57 bits per heavy atom. The van der Waals surface area contributed by atoms with E-state index in [0.29, 0.717) is 42.3 Å². The highest BCUT2D eigenvalue weighted by atomic mass is 35.5. The summed E-state index contributed by atoms with van der Waals surface area (Å²) < 4.78 is 17.0. The van der Waals surface area contributed by atoms with Gasteiger partial charge in [0, 0.05) is 16.6 Å². The van der Waals surface area contributed by atoms with Crippen LogP contribution < -0.4 is 9.47 Å². The predicted octanol–water partition coefficient (Wildman–Crippen LogP) is 3.89. The van der Waals surface area contributed by atoms with Crippen LogP contribution in [0.1, 0.15) is 24.3 Å². The molecule has 2 heterocycles. The molecule has 0 atom stereocenters. The molecule has 5 rings (SSSR count). The Bertz CT molecular complexity index is 1060. The van der Waals surface area contributed by atoms with Crippen LogP contribution in [0.25, 0.3) is 11.5 Å². The van der Waals surface area contributed by atoms with E-state index in [1.165, 1.54) is 0 Å². The highest BCUT2D eigenvalue weighted by molar-refractivity contribution is 6.30. The van der Waals surface area contributed by atoms with E-state index in [-0.39, 0.29) is 18.4 Å². The number of hydrogen-bond acceptors (Lipinski definition) is 6. The van der Waals surface area contributed by atoms with Gasteiger partial charge in [-0.25, -0.2) is 0 Å². The summed E-state index contributed by atoms with van der Waals surface area (Å²) in [6, 6.07) is 13.1. The lowest BCUT2D eigenvalue weighted by Gasteiger charge is -2.22. The standard InChI is InChI=1S/C22H20ClN3O4/c23-16-4-2-15(3-5-16)22-25-24-20(30-22)13-26(17-6-7-17)21(27)12-14-1-8-18-19(11-14)29-10-9-28-18/h1-5,8,11,17H,6-7,9-10,12-13H2. The summed E-state index contributed by atoms with van der Waals surface area (Å²) in [5, 5.41) is 8.89. The van der Waals surface area contributed by atoms with E-state index in [2.05, 4.69) is 10.2 Å². The van der Waals surface area contributed by atoms with Crippen LogP contribution in [0.4, 0.5) is 0 Å². The molecule has 1 aliphatic heterocycles. The SMILES string of the molecule is O=C(Cc1ccc2c(c1)OCCO2)N(Cc1nnc(-c2ccc(Cl)cc2)o1)C1CC1. The zero-order valence-electron chi connectivity index (χ0n) is 16.2. The van der Waals surface area contributed by atoms with Crippen LogP contribution in [-0.4, -0.2) is 40.3 Å². The van der Waals surface area contributed by atoms with Crippen LogP contribution >= 0.6 is 11.6 Å². The molecular weight excluding hydrogens is 406 g/mol. The van der Waals surface area contributed by atoms with Gasteiger partial charge in [-0.15, -0.1) is 10.2 Å². The van der Waals surface area contributed by atoms with E-state index < -0.39 is 0 Å². The molecule has 1 saturated carbocycles. The molecule has 1 amide bonds. The number of nitrogens with zero attached hydrogens (tertiary/aromatic N) is 3. The van der Waals surface area contributed by atoms with E-state index >= 15 is 0 Å². The minimum absolute atomic E-state index is 0.0282. The second-order valence-corrected chi connectivity index (χ2v) is 7.85. The Balaban J connectivity index is 1.29. The molecule has 0 saturated heterocycles. The number of carbonyl (C=O) groups excluding carboxylic acids is 1. The van der Waals surface area contributed by atoms with Crippen molar-refractivity contribution in [3.05, 3.63) is 58.9 Å². The average molecular weight is 426 g/mol. The molecule has 30 heavy (non-hydrogen) atoms. The fraction of sp³-hybridized carbons (Fsp3) is 0.318. The van der Waals surface area contributed by atoms with Crippen molar-refractivity contribution >= 4 is 17.5 Å². The van der Waals surface area contributed by atoms with Gasteiger partial charge in [0.25, 0.3) is 0 Å². The highest BCUT2D eigenvalue weighted by Gasteiger charge is 2.33. The summed E-state index contributed by atoms with van der Waals surface area (Å²) >= 11 is 5.93. The monoisotopic (exact) mass is 425 g/mol. The first kappa shape index (κ1) is 18.9. The molecule has 2 aromatic carbocycles. The lowest BCUT2D eigenvalue weighted by molar-refractivity contribution is -0.132. The minimum atomic E-state index is 0.0282. The molecule has 0 N–H and O–H groups in total. The predicted molar refractivity (Wildman–Crippen MR) is 109 cm³/mol. The largest absolute Gasteiger partial charge is 0.486 e. The first-order valence-electron chi connectivity index (χ1n) is 9.92. The molecule has 0 radical (unpaired) electrons. The molecule has 0 unspecified atom stereocenters. The van der Waals surface area contributed by atoms with Crippen LogP contribution in [0, 0.1) is 0 Å². The summed E-state index contributed by atoms with van der Waals surface area (Å²) in [5.74, 6) is 2.27. The molecule has 2 aliphatic rings. The smallest absolute Gasteiger partial charge is 0.247 e. The van der Waals surface area contributed by atoms with Crippen LogP contribution in [-0.2, 0) is 17.8 Å². The van der Waals surface area contributed by atoms with Gasteiger partial charge >= 0.3 is 0 Å². The van der Waals surface area contributed by atoms with Crippen LogP contribution in [0.2, 0.25) is 5.02 Å². The summed E-state index contributed by atoms with van der Waals surface area (Å²) in [5.41, 5.74) is 1.68. The number of hydrogen-bond donors (Lipinski definition) is 0. The van der Waals surface area contributed by atoms with Gasteiger partial charge in [-0.2, -0.15) is 0 Å². The molecule has 1 aromatic heterocycles. The van der Waals surface area contributed by atoms with Gasteiger partial charge in [0.2, 0.25) is 17.7 Å². The van der Waals surface area contributed by atoms with Crippen molar-refractivity contribution in [2.24, 2.45) is 0 Å². The van der Waals surface area contributed by atoms with E-state index in [1.807, 2.05) is 35.2 Å². The normalized spacial score (nSPS) is 15.1. The van der Waals surface area contributed by atoms with Crippen LogP contribution in [0.3, 0.4) is 0 Å². The lowest BCUT2D eigenvalue weighted by atomic mass is 10.1. The van der Waals surface area contributed by atoms with E-state index in [0.717, 1.165) is 29.7 Å². The van der Waals surface area contributed by atoms with E-state index in [1.54, 1.807) is 12.1 Å². The maximum Gasteiger partial charge on any atom is 0.247 e. The third-order valence-electron chi connectivity index (χ3n) is 5.13. The van der Waals surface area contributed by atoms with Crippen molar-refractivity contribution < 1.29 is 18.7 Å². The number of rotatable bonds is 6. The van der Waals surface area contributed by atoms with Gasteiger partial charge in [-0.05, 0) is 54.8 Å². The van der Waals surface area contributed by atoms with Crippen LogP contribution in [0.15, 0.2) is 46.9 Å². The van der Waals surface area contributed by atoms with Gasteiger partial charge in [-0.1, -0.05) is 17.7 Å². The third-order valence-corrected chi connectivity index (χ3v) is 5.39. The van der Waals surface area contributed by atoms with Gasteiger partial charge in [-0.3, -0.25) is 4.79 Å². The molecule has 1 aliphatic carbocycles. The number of carbonyl (C=O) groups is 1. The minimum Gasteiger partial charge on any atom is -0.486 e. The molecule has 1 fully saturated rings. The van der Waals surface area contributed by atoms with E-state index in [9.17, 15) is 4.79 Å². The van der Waals surface area contributed by atoms with Gasteiger partial charge < -0.3 is 18.8 Å². The van der Waals surface area contributed by atoms with Crippen molar-refractivity contribution in [1.82, 2.24) is 15.1 Å². The summed E-state index contributed by atoms with van der Waals surface area (Å²) in [6.07, 6.45) is 2.27. The molecule has 0 bridgehead atoms. The van der Waals surface area contributed by atoms with Crippen molar-refractivity contribution in [3.63, 3.8) is 0 Å². The topological polar surface area (TPSA) is 77.7 Å². The van der Waals surface area contributed by atoms with Crippen molar-refractivity contribution in [1.29, 1.82) is 0 Å². The Hall–Kier alpha value is -3.06. The quantitative estimate of drug-likeness (QED) is 0.596. The number of halogens is 1. The highest BCUT2D eigenvalue weighted by Crippen LogP contribution is 2.33. The molecule has 154 valence electrons. The Morgan fingerprint density at radius 2 is 1.80 bits per heavy atom. The van der Waals surface area contributed by atoms with Crippen molar-refractivity contribution in [2.45, 2.75) is 31.8 Å². The Morgan fingerprint density at radius 1 is 1.03 bits per heavy atom. The second kappa shape index (κ2) is 7.99. The third kappa shape index (κ3) is 4.11. The summed E-state index contributed by atoms with van der Waals surface area (Å²) in [7, 11) is 0. The summed E-state index contributed by atoms with van der Waals surface area (Å²) in [6.45, 7) is 1.36. The van der Waals surface area contributed by atoms with Gasteiger partial charge in [0.15, 0.2) is 11.5 Å². The zero-order chi connectivity index (χ0) is 20.5. The Kier molecular flexibility index (Phi) is 5.04. The maximum absolute atomic E-state index is 13.0. The fourth-order valence-electron chi connectivity index (χ4n) is 3.45. The number of benzene rings is 2. The number of ether oxygens (including phenoxy) is 2. The first-order valence-corrected chi connectivity index (χ1v) is 10.3. The summed E-state index contributed by atoms with van der Waals surface area (Å²) in [4.78, 5) is 14.9. The van der Waals surface area contributed by atoms with Gasteiger partial charge in [0.1, 0.15) is 13.2 Å². The zero-order valence-corrected chi connectivity index (χ0v) is 17.0. The number of fused-ring (bicyclic) bond motifs is 1. The van der Waals surface area contributed by atoms with Crippen molar-refractivity contribution in [3.8, 4) is 23.0 Å². The first-order chi connectivity index (χ1) is 14.7. The Labute approximate surface area is 178 Å². The molecule has 3 aromatic rings. The lowest BCUT2D eigenvalue weighted by Crippen LogP contribution is -2.34. The number of amides is 1. The molecule has 8 heteroatoms. The molecule has 0 spiro atoms. The maximum atomic E-state index is 13.0. The average Bonchev–Trinajstić information content (AvgIpc) is 3.50. The van der Waals surface area contributed by atoms with Gasteiger partial charge in [0.05, 0.1) is 13.0 Å². The fourth-order valence-corrected chi connectivity index (χ4v) is 3.58. The number of aromatic nitrogens is 2. The second-order valence-electron chi connectivity index (χ2n) is 7.42. The van der Waals surface area contributed by atoms with Crippen molar-refractivity contribution in [2.75, 3.05) is 13.2 Å². The van der Waals surface area contributed by atoms with E-state index in [4.69, 9.17) is 25.5 Å². The molecule has 7 nitrogen and oxygen atoms in total. The van der Waals surface area contributed by atoms with Crippen LogP contribution in [0.5, 0.6) is 11.5 Å². The molecular formula is C22H20ClN3O4.